The Balaban J connectivity index is 3.37. The molecule has 3 heteroatoms. The summed E-state index contributed by atoms with van der Waals surface area (Å²) in [5.74, 6) is 0.579. The van der Waals surface area contributed by atoms with E-state index in [1.165, 1.54) is 0 Å². The van der Waals surface area contributed by atoms with Crippen molar-refractivity contribution in [2.45, 2.75) is 39.7 Å². The molecular weight excluding hydrogens is 190 g/mol. The lowest BCUT2D eigenvalue weighted by Crippen LogP contribution is -2.27. The number of rotatable bonds is 9. The zero-order valence-electron chi connectivity index (χ0n) is 10.9. The van der Waals surface area contributed by atoms with Crippen LogP contribution in [0.2, 0.25) is 0 Å². The average Bonchev–Trinajstić information content (AvgIpc) is 2.21. The summed E-state index contributed by atoms with van der Waals surface area (Å²) in [6.07, 6.45) is 0.942. The van der Waals surface area contributed by atoms with Gasteiger partial charge in [0.25, 0.3) is 0 Å². The first-order valence-corrected chi connectivity index (χ1v) is 5.85. The predicted octanol–water partition coefficient (Wildman–Crippen LogP) is 2.06. The van der Waals surface area contributed by atoms with Gasteiger partial charge in [0.2, 0.25) is 0 Å². The lowest BCUT2D eigenvalue weighted by atomic mass is 10.1. The molecule has 0 aliphatic heterocycles. The maximum absolute atomic E-state index is 5.61. The molecule has 92 valence electrons. The fourth-order valence-electron chi connectivity index (χ4n) is 1.15. The van der Waals surface area contributed by atoms with E-state index in [0.29, 0.717) is 5.92 Å². The Bertz CT molecular complexity index is 149. The minimum atomic E-state index is -0.0646. The first-order chi connectivity index (χ1) is 7.02. The molecule has 1 unspecified atom stereocenters. The third-order valence-corrected chi connectivity index (χ3v) is 2.55. The van der Waals surface area contributed by atoms with E-state index < -0.39 is 0 Å². The largest absolute Gasteiger partial charge is 0.381 e. The molecule has 1 atom stereocenters. The third-order valence-electron chi connectivity index (χ3n) is 2.55. The topological polar surface area (TPSA) is 30.5 Å². The molecule has 0 rings (SSSR count). The van der Waals surface area contributed by atoms with Gasteiger partial charge in [-0.05, 0) is 39.3 Å². The molecule has 3 nitrogen and oxygen atoms in total. The number of hydrogen-bond acceptors (Lipinski definition) is 3. The van der Waals surface area contributed by atoms with E-state index in [0.717, 1.165) is 32.7 Å². The number of nitrogens with one attached hydrogen (secondary N) is 1. The van der Waals surface area contributed by atoms with E-state index in [-0.39, 0.29) is 5.60 Å². The molecule has 0 radical (unpaired) electrons. The molecule has 1 N–H and O–H groups in total. The van der Waals surface area contributed by atoms with Crippen LogP contribution in [0.4, 0.5) is 0 Å². The fourth-order valence-corrected chi connectivity index (χ4v) is 1.15. The molecule has 0 heterocycles. The first kappa shape index (κ1) is 14.9. The summed E-state index contributed by atoms with van der Waals surface area (Å²) >= 11 is 0. The molecular formula is C12H27NO2. The SMILES string of the molecule is CCNCC(C)COCCC(C)(C)OC. The quantitative estimate of drug-likeness (QED) is 0.600. The van der Waals surface area contributed by atoms with Crippen LogP contribution in [0.3, 0.4) is 0 Å². The van der Waals surface area contributed by atoms with E-state index in [1.54, 1.807) is 7.11 Å². The Hall–Kier alpha value is -0.120. The highest BCUT2D eigenvalue weighted by atomic mass is 16.5. The highest BCUT2D eigenvalue weighted by Crippen LogP contribution is 2.12. The minimum Gasteiger partial charge on any atom is -0.381 e. The van der Waals surface area contributed by atoms with Crippen molar-refractivity contribution in [1.29, 1.82) is 0 Å². The maximum atomic E-state index is 5.61. The Kier molecular flexibility index (Phi) is 8.02. The van der Waals surface area contributed by atoms with E-state index in [2.05, 4.69) is 33.0 Å². The summed E-state index contributed by atoms with van der Waals surface area (Å²) < 4.78 is 10.9. The van der Waals surface area contributed by atoms with Crippen molar-refractivity contribution >= 4 is 0 Å². The molecule has 0 saturated carbocycles. The van der Waals surface area contributed by atoms with Crippen molar-refractivity contribution in [3.05, 3.63) is 0 Å². The zero-order valence-corrected chi connectivity index (χ0v) is 10.9. The average molecular weight is 217 g/mol. The van der Waals surface area contributed by atoms with E-state index >= 15 is 0 Å². The summed E-state index contributed by atoms with van der Waals surface area (Å²) in [6.45, 7) is 12.1. The van der Waals surface area contributed by atoms with Crippen molar-refractivity contribution < 1.29 is 9.47 Å². The number of methoxy groups -OCH3 is 1. The summed E-state index contributed by atoms with van der Waals surface area (Å²) in [5.41, 5.74) is -0.0646. The van der Waals surface area contributed by atoms with Crippen LogP contribution in [-0.2, 0) is 9.47 Å². The molecule has 0 amide bonds. The van der Waals surface area contributed by atoms with Gasteiger partial charge in [0.1, 0.15) is 0 Å². The van der Waals surface area contributed by atoms with Crippen molar-refractivity contribution in [3.8, 4) is 0 Å². The summed E-state index contributed by atoms with van der Waals surface area (Å²) in [4.78, 5) is 0. The lowest BCUT2D eigenvalue weighted by molar-refractivity contribution is -0.0135. The lowest BCUT2D eigenvalue weighted by Gasteiger charge is -2.23. The predicted molar refractivity (Wildman–Crippen MR) is 64.2 cm³/mol. The minimum absolute atomic E-state index is 0.0646. The van der Waals surface area contributed by atoms with Gasteiger partial charge in [0.15, 0.2) is 0 Å². The van der Waals surface area contributed by atoms with Crippen LogP contribution >= 0.6 is 0 Å². The molecule has 0 aromatic rings. The standard InChI is InChI=1S/C12H27NO2/c1-6-13-9-11(2)10-15-8-7-12(3,4)14-5/h11,13H,6-10H2,1-5H3. The van der Waals surface area contributed by atoms with Crippen LogP contribution in [0.25, 0.3) is 0 Å². The van der Waals surface area contributed by atoms with Crippen molar-refractivity contribution in [2.75, 3.05) is 33.4 Å². The van der Waals surface area contributed by atoms with Crippen LogP contribution in [0.1, 0.15) is 34.1 Å². The second-order valence-electron chi connectivity index (χ2n) is 4.70. The monoisotopic (exact) mass is 217 g/mol. The van der Waals surface area contributed by atoms with Gasteiger partial charge < -0.3 is 14.8 Å². The molecule has 0 aliphatic carbocycles. The molecule has 0 fully saturated rings. The summed E-state index contributed by atoms with van der Waals surface area (Å²) in [5, 5.41) is 3.31. The Morgan fingerprint density at radius 2 is 2.00 bits per heavy atom. The smallest absolute Gasteiger partial charge is 0.0644 e. The fraction of sp³-hybridized carbons (Fsp3) is 1.00. The van der Waals surface area contributed by atoms with Crippen LogP contribution in [0.15, 0.2) is 0 Å². The van der Waals surface area contributed by atoms with Crippen LogP contribution in [0.5, 0.6) is 0 Å². The number of ether oxygens (including phenoxy) is 2. The van der Waals surface area contributed by atoms with Crippen molar-refractivity contribution in [2.24, 2.45) is 5.92 Å². The highest BCUT2D eigenvalue weighted by molar-refractivity contribution is 4.66. The second-order valence-corrected chi connectivity index (χ2v) is 4.70. The van der Waals surface area contributed by atoms with Gasteiger partial charge >= 0.3 is 0 Å². The van der Waals surface area contributed by atoms with E-state index in [9.17, 15) is 0 Å². The van der Waals surface area contributed by atoms with Crippen LogP contribution < -0.4 is 5.32 Å². The van der Waals surface area contributed by atoms with Gasteiger partial charge in [0, 0.05) is 13.7 Å². The van der Waals surface area contributed by atoms with Gasteiger partial charge in [-0.15, -0.1) is 0 Å². The van der Waals surface area contributed by atoms with E-state index in [4.69, 9.17) is 9.47 Å². The van der Waals surface area contributed by atoms with Crippen molar-refractivity contribution in [3.63, 3.8) is 0 Å². The molecule has 15 heavy (non-hydrogen) atoms. The second kappa shape index (κ2) is 8.08. The molecule has 0 spiro atoms. The van der Waals surface area contributed by atoms with Crippen molar-refractivity contribution in [1.82, 2.24) is 5.32 Å². The van der Waals surface area contributed by atoms with Gasteiger partial charge in [-0.1, -0.05) is 13.8 Å². The number of hydrogen-bond donors (Lipinski definition) is 1. The summed E-state index contributed by atoms with van der Waals surface area (Å²) in [6, 6.07) is 0. The molecule has 0 saturated heterocycles. The van der Waals surface area contributed by atoms with Gasteiger partial charge in [0.05, 0.1) is 12.2 Å². The van der Waals surface area contributed by atoms with Gasteiger partial charge in [-0.25, -0.2) is 0 Å². The summed E-state index contributed by atoms with van der Waals surface area (Å²) in [7, 11) is 1.74. The Morgan fingerprint density at radius 3 is 2.53 bits per heavy atom. The van der Waals surface area contributed by atoms with Crippen LogP contribution in [-0.4, -0.2) is 39.0 Å². The maximum Gasteiger partial charge on any atom is 0.0644 e. The van der Waals surface area contributed by atoms with Gasteiger partial charge in [-0.3, -0.25) is 0 Å². The molecule has 0 aromatic carbocycles. The van der Waals surface area contributed by atoms with Gasteiger partial charge in [-0.2, -0.15) is 0 Å². The molecule has 0 aliphatic rings. The Labute approximate surface area is 94.5 Å². The van der Waals surface area contributed by atoms with E-state index in [1.807, 2.05) is 0 Å². The molecule has 0 bridgehead atoms. The third kappa shape index (κ3) is 8.85. The molecule has 0 aromatic heterocycles. The highest BCUT2D eigenvalue weighted by Gasteiger charge is 2.15. The van der Waals surface area contributed by atoms with Crippen LogP contribution in [0, 0.1) is 5.92 Å². The normalized spacial score (nSPS) is 14.2. The Morgan fingerprint density at radius 1 is 1.33 bits per heavy atom. The first-order valence-electron chi connectivity index (χ1n) is 5.85. The zero-order chi connectivity index (χ0) is 11.7.